The molecule has 2 aromatic rings. The van der Waals surface area contributed by atoms with Gasteiger partial charge in [0.15, 0.2) is 0 Å². The van der Waals surface area contributed by atoms with Gasteiger partial charge in [-0.15, -0.1) is 0 Å². The van der Waals surface area contributed by atoms with Gasteiger partial charge in [-0.3, -0.25) is 9.10 Å². The van der Waals surface area contributed by atoms with E-state index in [1.54, 1.807) is 55.6 Å². The number of carbonyl (C=O) groups is 1. The van der Waals surface area contributed by atoms with Crippen LogP contribution in [0.3, 0.4) is 0 Å². The first-order valence-corrected chi connectivity index (χ1v) is 12.2. The van der Waals surface area contributed by atoms with Crippen molar-refractivity contribution in [2.45, 2.75) is 38.6 Å². The maximum atomic E-state index is 12.4. The highest BCUT2D eigenvalue weighted by molar-refractivity contribution is 7.92. The molecule has 1 amide bonds. The molecule has 0 aliphatic heterocycles. The Kier molecular flexibility index (Phi) is 7.37. The molecule has 1 saturated carbocycles. The third-order valence-electron chi connectivity index (χ3n) is 5.56. The van der Waals surface area contributed by atoms with Crippen LogP contribution >= 0.6 is 0 Å². The minimum atomic E-state index is -3.49. The van der Waals surface area contributed by atoms with Gasteiger partial charge in [-0.2, -0.15) is 0 Å². The van der Waals surface area contributed by atoms with Gasteiger partial charge in [0, 0.05) is 18.2 Å². The molecular formula is C23H30N2O4S. The van der Waals surface area contributed by atoms with Crippen LogP contribution in [0, 0.1) is 5.92 Å². The van der Waals surface area contributed by atoms with E-state index >= 15 is 0 Å². The summed E-state index contributed by atoms with van der Waals surface area (Å²) in [6.45, 7) is 0.897. The minimum absolute atomic E-state index is 0.0834. The fourth-order valence-corrected chi connectivity index (χ4v) is 4.70. The predicted molar refractivity (Wildman–Crippen MR) is 119 cm³/mol. The summed E-state index contributed by atoms with van der Waals surface area (Å²) in [5, 5.41) is 3.03. The van der Waals surface area contributed by atoms with E-state index in [9.17, 15) is 13.2 Å². The average Bonchev–Trinajstić information content (AvgIpc) is 2.76. The third-order valence-corrected chi connectivity index (χ3v) is 6.70. The SMILES string of the molecule is COc1cccc(N(Cc2ccc(C(=O)NCC3CCCCC3)cc2)S(C)(=O)=O)c1. The molecule has 0 unspecified atom stereocenters. The molecule has 2 aromatic carbocycles. The standard InChI is InChI=1S/C23H30N2O4S/c1-29-22-10-6-9-21(15-22)25(30(2,27)28)17-19-11-13-20(14-12-19)23(26)24-16-18-7-4-3-5-8-18/h6,9-15,18H,3-5,7-8,16-17H2,1-2H3,(H,24,26). The monoisotopic (exact) mass is 430 g/mol. The van der Waals surface area contributed by atoms with Crippen molar-refractivity contribution in [3.05, 3.63) is 59.7 Å². The zero-order valence-corrected chi connectivity index (χ0v) is 18.5. The molecule has 0 spiro atoms. The lowest BCUT2D eigenvalue weighted by Gasteiger charge is -2.23. The number of ether oxygens (including phenoxy) is 1. The molecule has 1 aliphatic carbocycles. The van der Waals surface area contributed by atoms with Gasteiger partial charge < -0.3 is 10.1 Å². The van der Waals surface area contributed by atoms with Gasteiger partial charge in [-0.25, -0.2) is 8.42 Å². The van der Waals surface area contributed by atoms with Crippen molar-refractivity contribution in [1.29, 1.82) is 0 Å². The molecule has 0 radical (unpaired) electrons. The van der Waals surface area contributed by atoms with Crippen LogP contribution in [0.5, 0.6) is 5.75 Å². The van der Waals surface area contributed by atoms with Crippen LogP contribution in [0.15, 0.2) is 48.5 Å². The Labute approximate surface area is 179 Å². The normalized spacial score (nSPS) is 14.9. The molecule has 7 heteroatoms. The number of carbonyl (C=O) groups excluding carboxylic acids is 1. The molecule has 1 N–H and O–H groups in total. The average molecular weight is 431 g/mol. The van der Waals surface area contributed by atoms with E-state index in [4.69, 9.17) is 4.74 Å². The molecule has 0 atom stereocenters. The first-order valence-electron chi connectivity index (χ1n) is 10.4. The second-order valence-corrected chi connectivity index (χ2v) is 9.79. The lowest BCUT2D eigenvalue weighted by atomic mass is 9.89. The zero-order valence-electron chi connectivity index (χ0n) is 17.6. The summed E-state index contributed by atoms with van der Waals surface area (Å²) in [6, 6.07) is 14.0. The highest BCUT2D eigenvalue weighted by Crippen LogP contribution is 2.25. The molecular weight excluding hydrogens is 400 g/mol. The lowest BCUT2D eigenvalue weighted by Crippen LogP contribution is -2.30. The first kappa shape index (κ1) is 22.2. The maximum Gasteiger partial charge on any atom is 0.251 e. The van der Waals surface area contributed by atoms with E-state index in [0.29, 0.717) is 22.9 Å². The highest BCUT2D eigenvalue weighted by Gasteiger charge is 2.19. The molecule has 3 rings (SSSR count). The van der Waals surface area contributed by atoms with Crippen molar-refractivity contribution < 1.29 is 17.9 Å². The molecule has 1 fully saturated rings. The summed E-state index contributed by atoms with van der Waals surface area (Å²) in [5.74, 6) is 1.08. The number of hydrogen-bond donors (Lipinski definition) is 1. The number of hydrogen-bond acceptors (Lipinski definition) is 4. The van der Waals surface area contributed by atoms with Gasteiger partial charge in [0.25, 0.3) is 5.91 Å². The van der Waals surface area contributed by atoms with Gasteiger partial charge in [-0.05, 0) is 48.6 Å². The number of benzene rings is 2. The fraction of sp³-hybridized carbons (Fsp3) is 0.435. The van der Waals surface area contributed by atoms with E-state index in [1.165, 1.54) is 42.7 Å². The number of methoxy groups -OCH3 is 1. The quantitative estimate of drug-likeness (QED) is 0.688. The number of rotatable bonds is 8. The first-order chi connectivity index (χ1) is 14.4. The molecule has 0 heterocycles. The summed E-state index contributed by atoms with van der Waals surface area (Å²) in [7, 11) is -1.95. The van der Waals surface area contributed by atoms with E-state index in [1.807, 2.05) is 0 Å². The van der Waals surface area contributed by atoms with Crippen molar-refractivity contribution in [3.63, 3.8) is 0 Å². The summed E-state index contributed by atoms with van der Waals surface area (Å²) in [4.78, 5) is 12.4. The number of nitrogens with zero attached hydrogens (tertiary/aromatic N) is 1. The van der Waals surface area contributed by atoms with Crippen LogP contribution in [0.25, 0.3) is 0 Å². The number of sulfonamides is 1. The summed E-state index contributed by atoms with van der Waals surface area (Å²) in [5.41, 5.74) is 1.92. The van der Waals surface area contributed by atoms with Gasteiger partial charge in [0.05, 0.1) is 25.6 Å². The van der Waals surface area contributed by atoms with Crippen LogP contribution < -0.4 is 14.4 Å². The van der Waals surface area contributed by atoms with E-state index in [-0.39, 0.29) is 12.5 Å². The van der Waals surface area contributed by atoms with Gasteiger partial charge in [0.1, 0.15) is 5.75 Å². The van der Waals surface area contributed by atoms with Crippen molar-refractivity contribution in [2.75, 3.05) is 24.2 Å². The minimum Gasteiger partial charge on any atom is -0.497 e. The highest BCUT2D eigenvalue weighted by atomic mass is 32.2. The van der Waals surface area contributed by atoms with Crippen molar-refractivity contribution in [3.8, 4) is 5.75 Å². The Hall–Kier alpha value is -2.54. The molecule has 162 valence electrons. The summed E-state index contributed by atoms with van der Waals surface area (Å²) < 4.78 is 31.3. The zero-order chi connectivity index (χ0) is 21.6. The summed E-state index contributed by atoms with van der Waals surface area (Å²) in [6.07, 6.45) is 7.35. The molecule has 0 saturated heterocycles. The summed E-state index contributed by atoms with van der Waals surface area (Å²) >= 11 is 0. The van der Waals surface area contributed by atoms with Crippen LogP contribution in [0.1, 0.15) is 48.0 Å². The van der Waals surface area contributed by atoms with Crippen molar-refractivity contribution >= 4 is 21.6 Å². The van der Waals surface area contributed by atoms with Crippen LogP contribution in [-0.4, -0.2) is 34.2 Å². The van der Waals surface area contributed by atoms with E-state index in [0.717, 1.165) is 12.1 Å². The Bertz CT molecular complexity index is 951. The molecule has 30 heavy (non-hydrogen) atoms. The Balaban J connectivity index is 1.67. The van der Waals surface area contributed by atoms with Gasteiger partial charge >= 0.3 is 0 Å². The fourth-order valence-electron chi connectivity index (χ4n) is 3.82. The maximum absolute atomic E-state index is 12.4. The number of amides is 1. The number of anilines is 1. The van der Waals surface area contributed by atoms with Crippen LogP contribution in [0.2, 0.25) is 0 Å². The topological polar surface area (TPSA) is 75.7 Å². The van der Waals surface area contributed by atoms with Crippen LogP contribution in [-0.2, 0) is 16.6 Å². The van der Waals surface area contributed by atoms with Crippen molar-refractivity contribution in [2.24, 2.45) is 5.92 Å². The van der Waals surface area contributed by atoms with Gasteiger partial charge in [-0.1, -0.05) is 37.5 Å². The third kappa shape index (κ3) is 5.98. The van der Waals surface area contributed by atoms with Crippen LogP contribution in [0.4, 0.5) is 5.69 Å². The van der Waals surface area contributed by atoms with E-state index < -0.39 is 10.0 Å². The Morgan fingerprint density at radius 2 is 1.80 bits per heavy atom. The largest absolute Gasteiger partial charge is 0.497 e. The predicted octanol–water partition coefficient (Wildman–Crippen LogP) is 3.97. The molecule has 1 aliphatic rings. The van der Waals surface area contributed by atoms with E-state index in [2.05, 4.69) is 5.32 Å². The second-order valence-electron chi connectivity index (χ2n) is 7.88. The molecule has 0 bridgehead atoms. The van der Waals surface area contributed by atoms with Gasteiger partial charge in [0.2, 0.25) is 10.0 Å². The molecule has 6 nitrogen and oxygen atoms in total. The Morgan fingerprint density at radius 1 is 1.10 bits per heavy atom. The second kappa shape index (κ2) is 9.98. The smallest absolute Gasteiger partial charge is 0.251 e. The lowest BCUT2D eigenvalue weighted by molar-refractivity contribution is 0.0943. The number of nitrogens with one attached hydrogen (secondary N) is 1. The van der Waals surface area contributed by atoms with Crippen molar-refractivity contribution in [1.82, 2.24) is 5.32 Å². The molecule has 0 aromatic heterocycles. The Morgan fingerprint density at radius 3 is 2.43 bits per heavy atom.